The van der Waals surface area contributed by atoms with Crippen LogP contribution >= 0.6 is 0 Å². The first-order chi connectivity index (χ1) is 4.35. The van der Waals surface area contributed by atoms with E-state index in [2.05, 4.69) is 4.74 Å². The van der Waals surface area contributed by atoms with Crippen molar-refractivity contribution in [3.63, 3.8) is 0 Å². The standard InChI is InChI=1S/C7H10F2O/c1-5-4-6(2,3)7(8,9)10-5/h4H,1-3H3. The normalized spacial score (nSPS) is 27.5. The third kappa shape index (κ3) is 0.895. The third-order valence-corrected chi connectivity index (χ3v) is 1.60. The Morgan fingerprint density at radius 1 is 1.40 bits per heavy atom. The maximum atomic E-state index is 12.7. The van der Waals surface area contributed by atoms with Crippen molar-refractivity contribution >= 4 is 0 Å². The molecule has 10 heavy (non-hydrogen) atoms. The second kappa shape index (κ2) is 1.71. The molecule has 3 heteroatoms. The molecule has 0 aromatic rings. The molecule has 0 amide bonds. The molecule has 0 aliphatic carbocycles. The molecular weight excluding hydrogens is 138 g/mol. The van der Waals surface area contributed by atoms with E-state index < -0.39 is 11.5 Å². The quantitative estimate of drug-likeness (QED) is 0.513. The summed E-state index contributed by atoms with van der Waals surface area (Å²) in [7, 11) is 0. The van der Waals surface area contributed by atoms with E-state index in [0.29, 0.717) is 5.76 Å². The van der Waals surface area contributed by atoms with Crippen LogP contribution in [-0.4, -0.2) is 6.11 Å². The van der Waals surface area contributed by atoms with E-state index in [-0.39, 0.29) is 0 Å². The number of hydrogen-bond acceptors (Lipinski definition) is 1. The van der Waals surface area contributed by atoms with Crippen molar-refractivity contribution < 1.29 is 13.5 Å². The van der Waals surface area contributed by atoms with E-state index in [0.717, 1.165) is 0 Å². The van der Waals surface area contributed by atoms with E-state index in [9.17, 15) is 8.78 Å². The Kier molecular flexibility index (Phi) is 1.28. The zero-order valence-electron chi connectivity index (χ0n) is 6.24. The number of rotatable bonds is 0. The zero-order valence-corrected chi connectivity index (χ0v) is 6.24. The lowest BCUT2D eigenvalue weighted by Gasteiger charge is -2.23. The molecule has 0 atom stereocenters. The molecule has 0 spiro atoms. The molecule has 0 N–H and O–H groups in total. The number of alkyl halides is 2. The molecular formula is C7H10F2O. The van der Waals surface area contributed by atoms with Gasteiger partial charge in [-0.3, -0.25) is 0 Å². The fourth-order valence-electron chi connectivity index (χ4n) is 0.955. The Morgan fingerprint density at radius 3 is 2.00 bits per heavy atom. The molecule has 1 rings (SSSR count). The van der Waals surface area contributed by atoms with Crippen molar-refractivity contribution in [1.29, 1.82) is 0 Å². The fourth-order valence-corrected chi connectivity index (χ4v) is 0.955. The topological polar surface area (TPSA) is 9.23 Å². The summed E-state index contributed by atoms with van der Waals surface area (Å²) in [6.45, 7) is 4.43. The van der Waals surface area contributed by atoms with Crippen LogP contribution in [0.1, 0.15) is 20.8 Å². The van der Waals surface area contributed by atoms with Crippen LogP contribution < -0.4 is 0 Å². The minimum Gasteiger partial charge on any atom is -0.437 e. The number of allylic oxidation sites excluding steroid dienone is 1. The molecule has 58 valence electrons. The van der Waals surface area contributed by atoms with Crippen LogP contribution in [0, 0.1) is 5.41 Å². The van der Waals surface area contributed by atoms with Crippen molar-refractivity contribution in [2.45, 2.75) is 26.9 Å². The largest absolute Gasteiger partial charge is 0.437 e. The van der Waals surface area contributed by atoms with E-state index in [1.165, 1.54) is 26.8 Å². The van der Waals surface area contributed by atoms with Crippen LogP contribution in [-0.2, 0) is 4.74 Å². The van der Waals surface area contributed by atoms with Gasteiger partial charge in [-0.25, -0.2) is 0 Å². The third-order valence-electron chi connectivity index (χ3n) is 1.60. The summed E-state index contributed by atoms with van der Waals surface area (Å²) in [4.78, 5) is 0. The summed E-state index contributed by atoms with van der Waals surface area (Å²) < 4.78 is 29.7. The maximum absolute atomic E-state index is 12.7. The Hall–Kier alpha value is -0.600. The van der Waals surface area contributed by atoms with Crippen molar-refractivity contribution in [1.82, 2.24) is 0 Å². The average Bonchev–Trinajstić information content (AvgIpc) is 1.73. The SMILES string of the molecule is CC1=CC(C)(C)C(F)(F)O1. The zero-order chi connectivity index (χ0) is 7.99. The van der Waals surface area contributed by atoms with Crippen molar-refractivity contribution in [2.75, 3.05) is 0 Å². The molecule has 1 nitrogen and oxygen atoms in total. The van der Waals surface area contributed by atoms with Crippen molar-refractivity contribution in [3.8, 4) is 0 Å². The highest BCUT2D eigenvalue weighted by atomic mass is 19.3. The maximum Gasteiger partial charge on any atom is 0.406 e. The molecule has 0 aromatic carbocycles. The number of hydrogen-bond donors (Lipinski definition) is 0. The van der Waals surface area contributed by atoms with Crippen LogP contribution in [0.25, 0.3) is 0 Å². The lowest BCUT2D eigenvalue weighted by Crippen LogP contribution is -2.31. The second-order valence-electron chi connectivity index (χ2n) is 3.10. The van der Waals surface area contributed by atoms with Crippen molar-refractivity contribution in [3.05, 3.63) is 11.8 Å². The molecule has 0 fully saturated rings. The van der Waals surface area contributed by atoms with Gasteiger partial charge in [0.25, 0.3) is 0 Å². The lowest BCUT2D eigenvalue weighted by atomic mass is 9.93. The van der Waals surface area contributed by atoms with Crippen LogP contribution in [0.4, 0.5) is 8.78 Å². The first-order valence-corrected chi connectivity index (χ1v) is 3.11. The van der Waals surface area contributed by atoms with Gasteiger partial charge in [0, 0.05) is 0 Å². The average molecular weight is 148 g/mol. The Labute approximate surface area is 58.7 Å². The van der Waals surface area contributed by atoms with E-state index in [1.54, 1.807) is 0 Å². The highest BCUT2D eigenvalue weighted by molar-refractivity contribution is 5.09. The minimum absolute atomic E-state index is 0.301. The summed E-state index contributed by atoms with van der Waals surface area (Å²) in [6.07, 6.45) is -1.59. The van der Waals surface area contributed by atoms with Gasteiger partial charge in [0.2, 0.25) is 0 Å². The highest BCUT2D eigenvalue weighted by Gasteiger charge is 2.52. The van der Waals surface area contributed by atoms with E-state index in [1.807, 2.05) is 0 Å². The Morgan fingerprint density at radius 2 is 1.90 bits per heavy atom. The van der Waals surface area contributed by atoms with Gasteiger partial charge in [-0.05, 0) is 26.8 Å². The van der Waals surface area contributed by atoms with Gasteiger partial charge < -0.3 is 4.74 Å². The van der Waals surface area contributed by atoms with Crippen LogP contribution in [0.5, 0.6) is 0 Å². The van der Waals surface area contributed by atoms with Gasteiger partial charge in [-0.1, -0.05) is 0 Å². The first-order valence-electron chi connectivity index (χ1n) is 3.11. The molecule has 1 aliphatic heterocycles. The molecule has 1 heterocycles. The lowest BCUT2D eigenvalue weighted by molar-refractivity contribution is -0.247. The van der Waals surface area contributed by atoms with E-state index in [4.69, 9.17) is 0 Å². The first kappa shape index (κ1) is 7.51. The van der Waals surface area contributed by atoms with Crippen LogP contribution in [0.3, 0.4) is 0 Å². The van der Waals surface area contributed by atoms with Gasteiger partial charge in [0.05, 0.1) is 11.2 Å². The van der Waals surface area contributed by atoms with Crippen LogP contribution in [0.2, 0.25) is 0 Å². The second-order valence-corrected chi connectivity index (χ2v) is 3.10. The predicted octanol–water partition coefficient (Wildman–Crippen LogP) is 2.54. The highest BCUT2D eigenvalue weighted by Crippen LogP contribution is 2.45. The van der Waals surface area contributed by atoms with Crippen LogP contribution in [0.15, 0.2) is 11.8 Å². The molecule has 0 saturated carbocycles. The summed E-state index contributed by atoms with van der Waals surface area (Å²) in [6, 6.07) is 0. The van der Waals surface area contributed by atoms with Gasteiger partial charge >= 0.3 is 6.11 Å². The van der Waals surface area contributed by atoms with Gasteiger partial charge in [-0.2, -0.15) is 8.78 Å². The van der Waals surface area contributed by atoms with E-state index >= 15 is 0 Å². The molecule has 0 aromatic heterocycles. The number of halogens is 2. The molecule has 1 aliphatic rings. The van der Waals surface area contributed by atoms with Gasteiger partial charge in [0.15, 0.2) is 0 Å². The number of ether oxygens (including phenoxy) is 1. The predicted molar refractivity (Wildman–Crippen MR) is 33.6 cm³/mol. The van der Waals surface area contributed by atoms with Gasteiger partial charge in [-0.15, -0.1) is 0 Å². The summed E-state index contributed by atoms with van der Waals surface area (Å²) >= 11 is 0. The molecule has 0 saturated heterocycles. The Balaban J connectivity index is 2.92. The summed E-state index contributed by atoms with van der Waals surface area (Å²) in [5, 5.41) is 0. The minimum atomic E-state index is -3.03. The molecule has 0 unspecified atom stereocenters. The molecule has 0 radical (unpaired) electrons. The monoisotopic (exact) mass is 148 g/mol. The Bertz CT molecular complexity index is 182. The van der Waals surface area contributed by atoms with Crippen molar-refractivity contribution in [2.24, 2.45) is 5.41 Å². The molecule has 0 bridgehead atoms. The smallest absolute Gasteiger partial charge is 0.406 e. The summed E-state index contributed by atoms with van der Waals surface area (Å²) in [5.74, 6) is 0.301. The summed E-state index contributed by atoms with van der Waals surface area (Å²) in [5.41, 5.74) is -1.16. The fraction of sp³-hybridized carbons (Fsp3) is 0.714. The van der Waals surface area contributed by atoms with Gasteiger partial charge in [0.1, 0.15) is 0 Å².